The third-order valence-corrected chi connectivity index (χ3v) is 4.85. The zero-order valence-electron chi connectivity index (χ0n) is 11.9. The molecular formula is C16H22BrNO. The lowest BCUT2D eigenvalue weighted by Crippen LogP contribution is -2.40. The van der Waals surface area contributed by atoms with Crippen molar-refractivity contribution < 1.29 is 4.79 Å². The van der Waals surface area contributed by atoms with Gasteiger partial charge in [-0.25, -0.2) is 0 Å². The van der Waals surface area contributed by atoms with Crippen LogP contribution in [0.3, 0.4) is 0 Å². The van der Waals surface area contributed by atoms with Gasteiger partial charge in [-0.3, -0.25) is 4.79 Å². The molecule has 0 heterocycles. The average molecular weight is 324 g/mol. The topological polar surface area (TPSA) is 29.1 Å². The Morgan fingerprint density at radius 1 is 1.42 bits per heavy atom. The van der Waals surface area contributed by atoms with Gasteiger partial charge in [-0.15, -0.1) is 0 Å². The second-order valence-corrected chi connectivity index (χ2v) is 7.25. The molecule has 0 radical (unpaired) electrons. The van der Waals surface area contributed by atoms with Gasteiger partial charge in [0.15, 0.2) is 0 Å². The minimum atomic E-state index is 0.0540. The first-order valence-corrected chi connectivity index (χ1v) is 7.74. The fourth-order valence-corrected chi connectivity index (χ4v) is 3.12. The van der Waals surface area contributed by atoms with Gasteiger partial charge in [0.25, 0.3) is 5.91 Å². The molecule has 1 N–H and O–H groups in total. The van der Waals surface area contributed by atoms with Crippen molar-refractivity contribution in [2.45, 2.75) is 52.5 Å². The number of carbonyl (C=O) groups excluding carboxylic acids is 1. The monoisotopic (exact) mass is 323 g/mol. The first-order chi connectivity index (χ1) is 8.87. The van der Waals surface area contributed by atoms with Crippen LogP contribution in [0.2, 0.25) is 0 Å². The predicted molar refractivity (Wildman–Crippen MR) is 82.4 cm³/mol. The van der Waals surface area contributed by atoms with Gasteiger partial charge in [0.2, 0.25) is 0 Å². The van der Waals surface area contributed by atoms with Crippen LogP contribution in [-0.4, -0.2) is 11.9 Å². The summed E-state index contributed by atoms with van der Waals surface area (Å²) in [7, 11) is 0. The summed E-state index contributed by atoms with van der Waals surface area (Å²) >= 11 is 3.46. The van der Waals surface area contributed by atoms with Crippen LogP contribution in [0, 0.1) is 12.3 Å². The van der Waals surface area contributed by atoms with Gasteiger partial charge in [-0.1, -0.05) is 36.2 Å². The Morgan fingerprint density at radius 3 is 2.79 bits per heavy atom. The predicted octanol–water partition coefficient (Wildman–Crippen LogP) is 4.46. The van der Waals surface area contributed by atoms with Gasteiger partial charge in [0, 0.05) is 16.1 Å². The van der Waals surface area contributed by atoms with Crippen LogP contribution in [0.25, 0.3) is 0 Å². The summed E-state index contributed by atoms with van der Waals surface area (Å²) in [6.07, 6.45) is 4.65. The lowest BCUT2D eigenvalue weighted by molar-refractivity contribution is 0.0902. The molecule has 1 amide bonds. The van der Waals surface area contributed by atoms with Crippen LogP contribution in [0.4, 0.5) is 0 Å². The summed E-state index contributed by atoms with van der Waals surface area (Å²) in [5.41, 5.74) is 2.20. The van der Waals surface area contributed by atoms with E-state index in [9.17, 15) is 4.79 Å². The minimum Gasteiger partial charge on any atom is -0.349 e. The lowest BCUT2D eigenvalue weighted by Gasteiger charge is -2.35. The number of carbonyl (C=O) groups is 1. The Hall–Kier alpha value is -0.830. The highest BCUT2D eigenvalue weighted by Crippen LogP contribution is 2.35. The van der Waals surface area contributed by atoms with Crippen molar-refractivity contribution in [2.24, 2.45) is 5.41 Å². The molecule has 1 fully saturated rings. The second kappa shape index (κ2) is 5.66. The molecule has 19 heavy (non-hydrogen) atoms. The van der Waals surface area contributed by atoms with Crippen LogP contribution in [-0.2, 0) is 0 Å². The van der Waals surface area contributed by atoms with Gasteiger partial charge in [0.1, 0.15) is 0 Å². The summed E-state index contributed by atoms with van der Waals surface area (Å²) in [4.78, 5) is 12.3. The zero-order chi connectivity index (χ0) is 14.0. The quantitative estimate of drug-likeness (QED) is 0.855. The Bertz CT molecular complexity index is 482. The first kappa shape index (κ1) is 14.6. The summed E-state index contributed by atoms with van der Waals surface area (Å²) in [5, 5.41) is 3.18. The molecule has 1 aromatic rings. The van der Waals surface area contributed by atoms with Crippen LogP contribution in [0.15, 0.2) is 22.7 Å². The second-order valence-electron chi connectivity index (χ2n) is 6.39. The van der Waals surface area contributed by atoms with Crippen molar-refractivity contribution in [3.8, 4) is 0 Å². The van der Waals surface area contributed by atoms with E-state index in [1.165, 1.54) is 12.8 Å². The summed E-state index contributed by atoms with van der Waals surface area (Å²) in [5.74, 6) is 0.0540. The number of benzene rings is 1. The van der Waals surface area contributed by atoms with E-state index in [-0.39, 0.29) is 5.91 Å². The Morgan fingerprint density at radius 2 is 2.16 bits per heavy atom. The maximum Gasteiger partial charge on any atom is 0.251 e. The fraction of sp³-hybridized carbons (Fsp3) is 0.562. The minimum absolute atomic E-state index is 0.0540. The van der Waals surface area contributed by atoms with E-state index in [1.54, 1.807) is 0 Å². The number of nitrogens with one attached hydrogen (secondary N) is 1. The van der Waals surface area contributed by atoms with Crippen molar-refractivity contribution >= 4 is 21.8 Å². The number of amides is 1. The first-order valence-electron chi connectivity index (χ1n) is 6.94. The van der Waals surface area contributed by atoms with Crippen LogP contribution in [0.1, 0.15) is 55.5 Å². The molecule has 0 bridgehead atoms. The highest BCUT2D eigenvalue weighted by Gasteiger charge is 2.28. The summed E-state index contributed by atoms with van der Waals surface area (Å²) in [6.45, 7) is 6.58. The number of halogens is 1. The molecule has 0 aliphatic heterocycles. The maximum atomic E-state index is 12.3. The smallest absolute Gasteiger partial charge is 0.251 e. The van der Waals surface area contributed by atoms with Gasteiger partial charge in [-0.2, -0.15) is 0 Å². The molecular weight excluding hydrogens is 302 g/mol. The highest BCUT2D eigenvalue weighted by atomic mass is 79.9. The zero-order valence-corrected chi connectivity index (χ0v) is 13.5. The van der Waals surface area contributed by atoms with Gasteiger partial charge >= 0.3 is 0 Å². The van der Waals surface area contributed by atoms with Crippen LogP contribution < -0.4 is 5.32 Å². The molecule has 0 aromatic heterocycles. The molecule has 1 unspecified atom stereocenters. The standard InChI is InChI=1S/C16H22BrNO/c1-11-9-12(6-7-14(11)17)15(19)18-13-5-4-8-16(2,3)10-13/h6-7,9,13H,4-5,8,10H2,1-3H3,(H,18,19). The Kier molecular flexibility index (Phi) is 4.34. The van der Waals surface area contributed by atoms with E-state index in [1.807, 2.05) is 25.1 Å². The highest BCUT2D eigenvalue weighted by molar-refractivity contribution is 9.10. The molecule has 2 nitrogen and oxygen atoms in total. The fourth-order valence-electron chi connectivity index (χ4n) is 2.88. The SMILES string of the molecule is Cc1cc(C(=O)NC2CCCC(C)(C)C2)ccc1Br. The largest absolute Gasteiger partial charge is 0.349 e. The third-order valence-electron chi connectivity index (χ3n) is 3.96. The molecule has 0 saturated heterocycles. The Balaban J connectivity index is 2.02. The molecule has 1 aliphatic rings. The van der Waals surface area contributed by atoms with Crippen molar-refractivity contribution in [3.05, 3.63) is 33.8 Å². The number of hydrogen-bond donors (Lipinski definition) is 1. The summed E-state index contributed by atoms with van der Waals surface area (Å²) in [6, 6.07) is 6.07. The third kappa shape index (κ3) is 3.82. The maximum absolute atomic E-state index is 12.3. The molecule has 104 valence electrons. The molecule has 2 rings (SSSR count). The van der Waals surface area contributed by atoms with E-state index in [0.717, 1.165) is 28.4 Å². The van der Waals surface area contributed by atoms with Crippen LogP contribution in [0.5, 0.6) is 0 Å². The average Bonchev–Trinajstić information content (AvgIpc) is 2.31. The molecule has 0 spiro atoms. The molecule has 1 saturated carbocycles. The molecule has 1 aliphatic carbocycles. The van der Waals surface area contributed by atoms with E-state index in [0.29, 0.717) is 11.5 Å². The van der Waals surface area contributed by atoms with Crippen molar-refractivity contribution in [3.63, 3.8) is 0 Å². The number of rotatable bonds is 2. The van der Waals surface area contributed by atoms with Crippen molar-refractivity contribution in [1.29, 1.82) is 0 Å². The van der Waals surface area contributed by atoms with Gasteiger partial charge in [0.05, 0.1) is 0 Å². The van der Waals surface area contributed by atoms with Crippen molar-refractivity contribution in [1.82, 2.24) is 5.32 Å². The molecule has 3 heteroatoms. The van der Waals surface area contributed by atoms with Gasteiger partial charge < -0.3 is 5.32 Å². The normalized spacial score (nSPS) is 22.0. The van der Waals surface area contributed by atoms with E-state index >= 15 is 0 Å². The molecule has 1 atom stereocenters. The van der Waals surface area contributed by atoms with Gasteiger partial charge in [-0.05, 0) is 55.4 Å². The number of aryl methyl sites for hydroxylation is 1. The van der Waals surface area contributed by atoms with E-state index in [2.05, 4.69) is 35.1 Å². The van der Waals surface area contributed by atoms with E-state index in [4.69, 9.17) is 0 Å². The van der Waals surface area contributed by atoms with Crippen LogP contribution >= 0.6 is 15.9 Å². The molecule has 1 aromatic carbocycles. The lowest BCUT2D eigenvalue weighted by atomic mass is 9.75. The van der Waals surface area contributed by atoms with E-state index < -0.39 is 0 Å². The Labute approximate surface area is 124 Å². The van der Waals surface area contributed by atoms with Crippen molar-refractivity contribution in [2.75, 3.05) is 0 Å². The number of hydrogen-bond acceptors (Lipinski definition) is 1. The summed E-state index contributed by atoms with van der Waals surface area (Å²) < 4.78 is 1.04.